The number of sulfonamides is 1. The molecule has 0 spiro atoms. The van der Waals surface area contributed by atoms with E-state index < -0.39 is 10.0 Å². The van der Waals surface area contributed by atoms with Crippen LogP contribution in [0.2, 0.25) is 0 Å². The molecular weight excluding hydrogens is 432 g/mol. The van der Waals surface area contributed by atoms with Gasteiger partial charge < -0.3 is 10.2 Å². The summed E-state index contributed by atoms with van der Waals surface area (Å²) in [7, 11) is -3.49. The summed E-state index contributed by atoms with van der Waals surface area (Å²) in [5.41, 5.74) is 0.625. The Kier molecular flexibility index (Phi) is 7.04. The van der Waals surface area contributed by atoms with Crippen LogP contribution in [-0.2, 0) is 26.0 Å². The van der Waals surface area contributed by atoms with Crippen LogP contribution in [0.15, 0.2) is 27.1 Å². The van der Waals surface area contributed by atoms with Crippen LogP contribution in [0.3, 0.4) is 0 Å². The third-order valence-corrected chi connectivity index (χ3v) is 8.29. The van der Waals surface area contributed by atoms with Crippen molar-refractivity contribution in [2.45, 2.75) is 43.4 Å². The average Bonchev–Trinajstić information content (AvgIpc) is 3.34. The van der Waals surface area contributed by atoms with Crippen LogP contribution in [0.4, 0.5) is 5.13 Å². The van der Waals surface area contributed by atoms with E-state index in [2.05, 4.69) is 15.0 Å². The minimum absolute atomic E-state index is 0.0448. The Morgan fingerprint density at radius 3 is 2.62 bits per heavy atom. The highest BCUT2D eigenvalue weighted by Gasteiger charge is 2.27. The molecule has 0 saturated carbocycles. The number of aromatic nitrogens is 1. The molecule has 2 aromatic rings. The number of rotatable bonds is 7. The van der Waals surface area contributed by atoms with Crippen molar-refractivity contribution in [1.82, 2.24) is 14.6 Å². The van der Waals surface area contributed by atoms with Crippen LogP contribution in [0.1, 0.15) is 32.4 Å². The quantitative estimate of drug-likeness (QED) is 0.665. The lowest BCUT2D eigenvalue weighted by Gasteiger charge is -2.32. The number of hydrogen-bond acceptors (Lipinski definition) is 7. The number of carbonyl (C=O) groups excluding carboxylic acids is 2. The van der Waals surface area contributed by atoms with E-state index in [0.29, 0.717) is 41.0 Å². The van der Waals surface area contributed by atoms with Crippen LogP contribution in [0.25, 0.3) is 0 Å². The molecule has 2 amide bonds. The Morgan fingerprint density at radius 1 is 1.28 bits per heavy atom. The summed E-state index contributed by atoms with van der Waals surface area (Å²) in [6, 6.07) is 3.11. The number of hydrogen-bond donors (Lipinski definition) is 2. The predicted molar refractivity (Wildman–Crippen MR) is 114 cm³/mol. The van der Waals surface area contributed by atoms with E-state index in [1.165, 1.54) is 22.7 Å². The second-order valence-corrected chi connectivity index (χ2v) is 10.9. The Morgan fingerprint density at radius 2 is 2.00 bits per heavy atom. The largest absolute Gasteiger partial charge is 0.342 e. The summed E-state index contributed by atoms with van der Waals surface area (Å²) in [4.78, 5) is 30.3. The van der Waals surface area contributed by atoms with Gasteiger partial charge in [0.1, 0.15) is 4.21 Å². The second kappa shape index (κ2) is 9.33. The van der Waals surface area contributed by atoms with Crippen molar-refractivity contribution >= 4 is 49.6 Å². The number of piperidine rings is 1. The van der Waals surface area contributed by atoms with Gasteiger partial charge in [-0.15, -0.1) is 22.7 Å². The molecule has 0 aromatic carbocycles. The third kappa shape index (κ3) is 5.84. The molecule has 0 aliphatic carbocycles. The molecule has 11 heteroatoms. The number of carbonyl (C=O) groups is 2. The van der Waals surface area contributed by atoms with Gasteiger partial charge >= 0.3 is 0 Å². The van der Waals surface area contributed by atoms with Crippen molar-refractivity contribution < 1.29 is 18.0 Å². The van der Waals surface area contributed by atoms with E-state index in [9.17, 15) is 18.0 Å². The molecule has 158 valence electrons. The molecule has 8 nitrogen and oxygen atoms in total. The summed E-state index contributed by atoms with van der Waals surface area (Å²) in [5, 5.41) is 6.73. The van der Waals surface area contributed by atoms with Gasteiger partial charge in [0, 0.05) is 30.4 Å². The van der Waals surface area contributed by atoms with Crippen molar-refractivity contribution in [3.63, 3.8) is 0 Å². The van der Waals surface area contributed by atoms with Crippen LogP contribution in [-0.4, -0.2) is 49.2 Å². The van der Waals surface area contributed by atoms with Gasteiger partial charge in [-0.05, 0) is 24.3 Å². The highest BCUT2D eigenvalue weighted by atomic mass is 32.2. The summed E-state index contributed by atoms with van der Waals surface area (Å²) in [6.07, 6.45) is 1.31. The summed E-state index contributed by atoms with van der Waals surface area (Å²) in [6.45, 7) is 4.60. The first-order chi connectivity index (χ1) is 13.7. The van der Waals surface area contributed by atoms with Gasteiger partial charge in [-0.25, -0.2) is 18.1 Å². The van der Waals surface area contributed by atoms with Gasteiger partial charge in [0.05, 0.1) is 12.1 Å². The Hall–Kier alpha value is -1.82. The van der Waals surface area contributed by atoms with E-state index in [4.69, 9.17) is 0 Å². The number of anilines is 1. The highest BCUT2D eigenvalue weighted by molar-refractivity contribution is 7.91. The van der Waals surface area contributed by atoms with Crippen molar-refractivity contribution in [2.75, 3.05) is 18.4 Å². The van der Waals surface area contributed by atoms with E-state index in [0.717, 1.165) is 0 Å². The Bertz CT molecular complexity index is 946. The first-order valence-corrected chi connectivity index (χ1v) is 12.6. The number of nitrogens with one attached hydrogen (secondary N) is 2. The molecular formula is C18H24N4O4S3. The zero-order chi connectivity index (χ0) is 21.0. The summed E-state index contributed by atoms with van der Waals surface area (Å²) in [5.74, 6) is -0.289. The number of likely N-dealkylation sites (tertiary alicyclic amines) is 1. The van der Waals surface area contributed by atoms with Gasteiger partial charge in [0.2, 0.25) is 21.8 Å². The highest BCUT2D eigenvalue weighted by Crippen LogP contribution is 2.20. The summed E-state index contributed by atoms with van der Waals surface area (Å²) < 4.78 is 27.7. The molecule has 3 rings (SSSR count). The van der Waals surface area contributed by atoms with Crippen molar-refractivity contribution in [3.05, 3.63) is 28.6 Å². The Labute approximate surface area is 178 Å². The molecule has 0 bridgehead atoms. The van der Waals surface area contributed by atoms with Crippen molar-refractivity contribution in [3.8, 4) is 0 Å². The SMILES string of the molecule is CC(C)C(=O)Nc1nc(CC(=O)N2CCC(NS(=O)(=O)c3cccs3)CC2)cs1. The lowest BCUT2D eigenvalue weighted by atomic mass is 10.1. The molecule has 29 heavy (non-hydrogen) atoms. The lowest BCUT2D eigenvalue weighted by Crippen LogP contribution is -2.46. The first-order valence-electron chi connectivity index (χ1n) is 9.33. The number of thiazole rings is 1. The molecule has 1 saturated heterocycles. The number of nitrogens with zero attached hydrogens (tertiary/aromatic N) is 2. The maximum atomic E-state index is 12.6. The summed E-state index contributed by atoms with van der Waals surface area (Å²) >= 11 is 2.48. The molecule has 1 aliphatic heterocycles. The third-order valence-electron chi connectivity index (χ3n) is 4.57. The lowest BCUT2D eigenvalue weighted by molar-refractivity contribution is -0.131. The molecule has 0 unspecified atom stereocenters. The van der Waals surface area contributed by atoms with Crippen LogP contribution in [0.5, 0.6) is 0 Å². The topological polar surface area (TPSA) is 108 Å². The molecule has 2 N–H and O–H groups in total. The van der Waals surface area contributed by atoms with Gasteiger partial charge in [-0.1, -0.05) is 19.9 Å². The maximum Gasteiger partial charge on any atom is 0.250 e. The van der Waals surface area contributed by atoms with E-state index >= 15 is 0 Å². The van der Waals surface area contributed by atoms with Gasteiger partial charge in [0.15, 0.2) is 5.13 Å². The minimum Gasteiger partial charge on any atom is -0.342 e. The fraction of sp³-hybridized carbons (Fsp3) is 0.500. The molecule has 0 atom stereocenters. The van der Waals surface area contributed by atoms with Crippen LogP contribution in [0, 0.1) is 5.92 Å². The Balaban J connectivity index is 1.48. The first kappa shape index (κ1) is 21.9. The average molecular weight is 457 g/mol. The van der Waals surface area contributed by atoms with Crippen LogP contribution < -0.4 is 10.0 Å². The smallest absolute Gasteiger partial charge is 0.250 e. The van der Waals surface area contributed by atoms with Gasteiger partial charge in [-0.2, -0.15) is 0 Å². The van der Waals surface area contributed by atoms with Crippen molar-refractivity contribution in [1.29, 1.82) is 0 Å². The molecule has 2 aromatic heterocycles. The minimum atomic E-state index is -3.49. The maximum absolute atomic E-state index is 12.6. The zero-order valence-corrected chi connectivity index (χ0v) is 18.7. The van der Waals surface area contributed by atoms with E-state index in [1.54, 1.807) is 41.6 Å². The van der Waals surface area contributed by atoms with Crippen LogP contribution >= 0.6 is 22.7 Å². The normalized spacial score (nSPS) is 15.6. The standard InChI is InChI=1S/C18H24N4O4S3/c1-12(2)17(24)20-18-19-14(11-28-18)10-15(23)22-7-5-13(6-8-22)21-29(25,26)16-4-3-9-27-16/h3-4,9,11-13,21H,5-8,10H2,1-2H3,(H,19,20,24). The monoisotopic (exact) mass is 456 g/mol. The molecule has 1 aliphatic rings. The predicted octanol–water partition coefficient (Wildman–Crippen LogP) is 2.31. The molecule has 3 heterocycles. The van der Waals surface area contributed by atoms with E-state index in [1.807, 2.05) is 0 Å². The fourth-order valence-corrected chi connectivity index (χ4v) is 5.93. The number of thiophene rings is 1. The van der Waals surface area contributed by atoms with Gasteiger partial charge in [0.25, 0.3) is 0 Å². The fourth-order valence-electron chi connectivity index (χ4n) is 2.90. The van der Waals surface area contributed by atoms with Gasteiger partial charge in [-0.3, -0.25) is 9.59 Å². The zero-order valence-electron chi connectivity index (χ0n) is 16.3. The molecule has 0 radical (unpaired) electrons. The van der Waals surface area contributed by atoms with E-state index in [-0.39, 0.29) is 30.2 Å². The molecule has 1 fully saturated rings. The second-order valence-electron chi connectivity index (χ2n) is 7.17. The number of amides is 2. The van der Waals surface area contributed by atoms with Crippen molar-refractivity contribution in [2.24, 2.45) is 5.92 Å².